The van der Waals surface area contributed by atoms with E-state index in [1.807, 2.05) is 12.1 Å². The predicted octanol–water partition coefficient (Wildman–Crippen LogP) is 0.690. The van der Waals surface area contributed by atoms with E-state index >= 15 is 0 Å². The van der Waals surface area contributed by atoms with Crippen molar-refractivity contribution in [1.29, 1.82) is 0 Å². The largest absolute Gasteiger partial charge is 0.491 e. The molecular weight excluding hydrogens is 262 g/mol. The highest BCUT2D eigenvalue weighted by Crippen LogP contribution is 2.12. The monoisotopic (exact) mass is 285 g/mol. The average molecular weight is 285 g/mol. The van der Waals surface area contributed by atoms with E-state index in [9.17, 15) is 0 Å². The molecule has 0 fully saturated rings. The highest BCUT2D eigenvalue weighted by Gasteiger charge is 1.94. The molecule has 0 aromatic heterocycles. The summed E-state index contributed by atoms with van der Waals surface area (Å²) < 4.78 is 21.1. The van der Waals surface area contributed by atoms with Crippen LogP contribution in [0.2, 0.25) is 0 Å². The van der Waals surface area contributed by atoms with E-state index in [0.717, 1.165) is 5.75 Å². The number of nitrogen functional groups attached to an aromatic ring is 1. The zero-order chi connectivity index (χ0) is 14.5. The van der Waals surface area contributed by atoms with E-state index < -0.39 is 0 Å². The minimum absolute atomic E-state index is 0.0388. The number of anilines is 1. The number of nitrogens with two attached hydrogens (primary N) is 1. The normalized spacial score (nSPS) is 10.7. The molecule has 0 unspecified atom stereocenters. The quantitative estimate of drug-likeness (QED) is 0.434. The lowest BCUT2D eigenvalue weighted by molar-refractivity contribution is 0.00361. The van der Waals surface area contributed by atoms with Gasteiger partial charge in [0.2, 0.25) is 0 Å². The molecule has 6 heteroatoms. The molecule has 1 aromatic rings. The van der Waals surface area contributed by atoms with Crippen molar-refractivity contribution >= 4 is 5.69 Å². The fourth-order valence-electron chi connectivity index (χ4n) is 1.39. The summed E-state index contributed by atoms with van der Waals surface area (Å²) in [7, 11) is 0. The van der Waals surface area contributed by atoms with Crippen molar-refractivity contribution in [2.24, 2.45) is 0 Å². The summed E-state index contributed by atoms with van der Waals surface area (Å²) in [4.78, 5) is 0. The van der Waals surface area contributed by atoms with Crippen molar-refractivity contribution in [1.82, 2.24) is 0 Å². The number of rotatable bonds is 12. The average Bonchev–Trinajstić information content (AvgIpc) is 2.47. The van der Waals surface area contributed by atoms with Crippen LogP contribution in [0, 0.1) is 0 Å². The maximum absolute atomic E-state index is 8.48. The third-order valence-electron chi connectivity index (χ3n) is 2.36. The van der Waals surface area contributed by atoms with E-state index in [0.29, 0.717) is 51.9 Å². The third kappa shape index (κ3) is 8.71. The molecule has 0 saturated heterocycles. The van der Waals surface area contributed by atoms with Crippen molar-refractivity contribution in [3.8, 4) is 5.75 Å². The fraction of sp³-hybridized carbons (Fsp3) is 0.571. The topological polar surface area (TPSA) is 83.2 Å². The second kappa shape index (κ2) is 11.5. The lowest BCUT2D eigenvalue weighted by Gasteiger charge is -2.08. The first kappa shape index (κ1) is 16.7. The van der Waals surface area contributed by atoms with Gasteiger partial charge in [-0.2, -0.15) is 0 Å². The van der Waals surface area contributed by atoms with E-state index in [-0.39, 0.29) is 6.61 Å². The standard InChI is InChI=1S/C14H23NO5/c15-13-1-3-14(4-2-13)20-12-11-19-10-9-18-8-7-17-6-5-16/h1-4,16H,5-12,15H2. The Morgan fingerprint density at radius 3 is 1.80 bits per heavy atom. The van der Waals surface area contributed by atoms with Crippen LogP contribution in [0.25, 0.3) is 0 Å². The number of hydrogen-bond acceptors (Lipinski definition) is 6. The number of aliphatic hydroxyl groups is 1. The van der Waals surface area contributed by atoms with Crippen LogP contribution in [0.3, 0.4) is 0 Å². The molecule has 0 amide bonds. The van der Waals surface area contributed by atoms with Gasteiger partial charge in [0.25, 0.3) is 0 Å². The highest BCUT2D eigenvalue weighted by molar-refractivity contribution is 5.41. The molecule has 0 aliphatic carbocycles. The van der Waals surface area contributed by atoms with Gasteiger partial charge in [0, 0.05) is 5.69 Å². The van der Waals surface area contributed by atoms with Gasteiger partial charge in [-0.25, -0.2) is 0 Å². The van der Waals surface area contributed by atoms with E-state index in [1.54, 1.807) is 12.1 Å². The van der Waals surface area contributed by atoms with E-state index in [4.69, 9.17) is 29.8 Å². The van der Waals surface area contributed by atoms with Crippen LogP contribution < -0.4 is 10.5 Å². The molecule has 114 valence electrons. The van der Waals surface area contributed by atoms with Crippen molar-refractivity contribution in [2.75, 3.05) is 58.6 Å². The zero-order valence-electron chi connectivity index (χ0n) is 11.6. The van der Waals surface area contributed by atoms with Gasteiger partial charge >= 0.3 is 0 Å². The van der Waals surface area contributed by atoms with Crippen molar-refractivity contribution in [2.45, 2.75) is 0 Å². The van der Waals surface area contributed by atoms with Gasteiger partial charge in [-0.3, -0.25) is 0 Å². The third-order valence-corrected chi connectivity index (χ3v) is 2.36. The molecule has 1 aromatic carbocycles. The number of benzene rings is 1. The first-order valence-corrected chi connectivity index (χ1v) is 6.65. The Bertz CT molecular complexity index is 331. The molecule has 0 saturated carbocycles. The summed E-state index contributed by atoms with van der Waals surface area (Å²) in [5.41, 5.74) is 6.29. The molecule has 0 atom stereocenters. The van der Waals surface area contributed by atoms with E-state index in [2.05, 4.69) is 0 Å². The van der Waals surface area contributed by atoms with Gasteiger partial charge in [-0.05, 0) is 24.3 Å². The smallest absolute Gasteiger partial charge is 0.119 e. The van der Waals surface area contributed by atoms with Crippen LogP contribution in [0.15, 0.2) is 24.3 Å². The molecule has 0 radical (unpaired) electrons. The Labute approximate surface area is 119 Å². The number of aliphatic hydroxyl groups excluding tert-OH is 1. The first-order chi connectivity index (χ1) is 9.83. The molecule has 0 heterocycles. The fourth-order valence-corrected chi connectivity index (χ4v) is 1.39. The van der Waals surface area contributed by atoms with Crippen LogP contribution in [0.4, 0.5) is 5.69 Å². The van der Waals surface area contributed by atoms with Crippen molar-refractivity contribution in [3.05, 3.63) is 24.3 Å². The van der Waals surface area contributed by atoms with Gasteiger partial charge in [-0.1, -0.05) is 0 Å². The Hall–Kier alpha value is -1.34. The summed E-state index contributed by atoms with van der Waals surface area (Å²) in [6, 6.07) is 7.24. The zero-order valence-corrected chi connectivity index (χ0v) is 11.6. The molecule has 1 rings (SSSR count). The summed E-state index contributed by atoms with van der Waals surface area (Å²) >= 11 is 0. The van der Waals surface area contributed by atoms with Gasteiger partial charge in [0.1, 0.15) is 12.4 Å². The number of hydrogen-bond donors (Lipinski definition) is 2. The van der Waals surface area contributed by atoms with Crippen LogP contribution >= 0.6 is 0 Å². The molecule has 0 spiro atoms. The van der Waals surface area contributed by atoms with Gasteiger partial charge in [-0.15, -0.1) is 0 Å². The SMILES string of the molecule is Nc1ccc(OCCOCCOCCOCCO)cc1. The second-order valence-corrected chi connectivity index (χ2v) is 3.98. The van der Waals surface area contributed by atoms with Crippen molar-refractivity contribution < 1.29 is 24.1 Å². The van der Waals surface area contributed by atoms with Crippen LogP contribution in [-0.4, -0.2) is 58.0 Å². The Morgan fingerprint density at radius 2 is 1.25 bits per heavy atom. The van der Waals surface area contributed by atoms with Crippen LogP contribution in [0.5, 0.6) is 5.75 Å². The van der Waals surface area contributed by atoms with E-state index in [1.165, 1.54) is 0 Å². The summed E-state index contributed by atoms with van der Waals surface area (Å²) in [6.45, 7) is 3.42. The minimum Gasteiger partial charge on any atom is -0.491 e. The lowest BCUT2D eigenvalue weighted by Crippen LogP contribution is -2.13. The molecule has 3 N–H and O–H groups in total. The van der Waals surface area contributed by atoms with Gasteiger partial charge in [0.05, 0.1) is 46.2 Å². The highest BCUT2D eigenvalue weighted by atomic mass is 16.6. The maximum Gasteiger partial charge on any atom is 0.119 e. The molecule has 0 aliphatic rings. The Balaban J connectivity index is 1.84. The lowest BCUT2D eigenvalue weighted by atomic mass is 10.3. The number of ether oxygens (including phenoxy) is 4. The predicted molar refractivity (Wildman–Crippen MR) is 75.9 cm³/mol. The van der Waals surface area contributed by atoms with Gasteiger partial charge < -0.3 is 29.8 Å². The molecule has 0 bridgehead atoms. The molecule has 6 nitrogen and oxygen atoms in total. The first-order valence-electron chi connectivity index (χ1n) is 6.65. The summed E-state index contributed by atoms with van der Waals surface area (Å²) in [5, 5.41) is 8.48. The molecular formula is C14H23NO5. The summed E-state index contributed by atoms with van der Waals surface area (Å²) in [5.74, 6) is 0.778. The minimum atomic E-state index is 0.0388. The molecule has 20 heavy (non-hydrogen) atoms. The van der Waals surface area contributed by atoms with Crippen LogP contribution in [-0.2, 0) is 14.2 Å². The van der Waals surface area contributed by atoms with Crippen molar-refractivity contribution in [3.63, 3.8) is 0 Å². The summed E-state index contributed by atoms with van der Waals surface area (Å²) in [6.07, 6.45) is 0. The Kier molecular flexibility index (Phi) is 9.60. The second-order valence-electron chi connectivity index (χ2n) is 3.98. The molecule has 0 aliphatic heterocycles. The van der Waals surface area contributed by atoms with Crippen LogP contribution in [0.1, 0.15) is 0 Å². The van der Waals surface area contributed by atoms with Gasteiger partial charge in [0.15, 0.2) is 0 Å². The maximum atomic E-state index is 8.48. The Morgan fingerprint density at radius 1 is 0.750 bits per heavy atom.